The van der Waals surface area contributed by atoms with Gasteiger partial charge in [0.05, 0.1) is 16.9 Å². The first-order valence-corrected chi connectivity index (χ1v) is 7.66. The highest BCUT2D eigenvalue weighted by Crippen LogP contribution is 2.42. The SMILES string of the molecule is C[C@H]1COc2c(N3CC(N)C3)c(F)cc3c(=O)c(C(=O)O)cn1c23. The second-order valence-electron chi connectivity index (χ2n) is 6.34. The summed E-state index contributed by atoms with van der Waals surface area (Å²) in [5.41, 5.74) is 5.41. The molecule has 1 atom stereocenters. The molecule has 3 N–H and O–H groups in total. The van der Waals surface area contributed by atoms with Crippen LogP contribution in [-0.4, -0.2) is 41.4 Å². The van der Waals surface area contributed by atoms with Crippen molar-refractivity contribution in [3.63, 3.8) is 0 Å². The van der Waals surface area contributed by atoms with Gasteiger partial charge >= 0.3 is 5.97 Å². The normalized spacial score (nSPS) is 20.0. The number of aromatic nitrogens is 1. The Morgan fingerprint density at radius 3 is 2.79 bits per heavy atom. The first-order valence-electron chi connectivity index (χ1n) is 7.66. The van der Waals surface area contributed by atoms with E-state index in [0.717, 1.165) is 6.07 Å². The third-order valence-corrected chi connectivity index (χ3v) is 4.60. The third-order valence-electron chi connectivity index (χ3n) is 4.60. The van der Waals surface area contributed by atoms with E-state index < -0.39 is 17.2 Å². The average molecular weight is 333 g/mol. The number of rotatable bonds is 2. The lowest BCUT2D eigenvalue weighted by atomic mass is 10.0. The van der Waals surface area contributed by atoms with E-state index in [-0.39, 0.29) is 41.1 Å². The van der Waals surface area contributed by atoms with Gasteiger partial charge in [-0.15, -0.1) is 0 Å². The van der Waals surface area contributed by atoms with Crippen LogP contribution in [-0.2, 0) is 0 Å². The number of hydrogen-bond acceptors (Lipinski definition) is 5. The molecule has 2 aliphatic heterocycles. The van der Waals surface area contributed by atoms with E-state index >= 15 is 0 Å². The van der Waals surface area contributed by atoms with Crippen molar-refractivity contribution in [3.05, 3.63) is 33.9 Å². The summed E-state index contributed by atoms with van der Waals surface area (Å²) < 4.78 is 22.1. The van der Waals surface area contributed by atoms with Crippen molar-refractivity contribution in [2.45, 2.75) is 19.0 Å². The summed E-state index contributed by atoms with van der Waals surface area (Å²) in [4.78, 5) is 25.5. The van der Waals surface area contributed by atoms with Gasteiger partial charge in [0.2, 0.25) is 5.43 Å². The van der Waals surface area contributed by atoms with Gasteiger partial charge in [-0.2, -0.15) is 0 Å². The molecule has 0 amide bonds. The second-order valence-corrected chi connectivity index (χ2v) is 6.34. The Balaban J connectivity index is 2.08. The molecule has 0 spiro atoms. The van der Waals surface area contributed by atoms with E-state index in [4.69, 9.17) is 10.5 Å². The molecule has 24 heavy (non-hydrogen) atoms. The summed E-state index contributed by atoms with van der Waals surface area (Å²) in [6.45, 7) is 3.12. The van der Waals surface area contributed by atoms with Crippen LogP contribution in [0, 0.1) is 5.82 Å². The maximum atomic E-state index is 14.7. The van der Waals surface area contributed by atoms with Gasteiger partial charge in [0, 0.05) is 25.3 Å². The number of benzene rings is 1. The average Bonchev–Trinajstić information content (AvgIpc) is 2.49. The number of aromatic carboxylic acids is 1. The van der Waals surface area contributed by atoms with Crippen LogP contribution in [0.5, 0.6) is 5.75 Å². The Morgan fingerprint density at radius 1 is 1.46 bits per heavy atom. The quantitative estimate of drug-likeness (QED) is 0.849. The van der Waals surface area contributed by atoms with Gasteiger partial charge in [-0.1, -0.05) is 0 Å². The Hall–Kier alpha value is -2.61. The van der Waals surface area contributed by atoms with Crippen molar-refractivity contribution in [2.75, 3.05) is 24.6 Å². The summed E-state index contributed by atoms with van der Waals surface area (Å²) in [6, 6.07) is 0.909. The Morgan fingerprint density at radius 2 is 2.17 bits per heavy atom. The number of ether oxygens (including phenoxy) is 1. The molecular weight excluding hydrogens is 317 g/mol. The molecule has 126 valence electrons. The van der Waals surface area contributed by atoms with Crippen LogP contribution in [0.15, 0.2) is 17.1 Å². The number of hydrogen-bond donors (Lipinski definition) is 2. The molecule has 3 heterocycles. The number of nitrogens with two attached hydrogens (primary N) is 1. The lowest BCUT2D eigenvalue weighted by Gasteiger charge is -2.41. The second kappa shape index (κ2) is 4.94. The smallest absolute Gasteiger partial charge is 0.341 e. The molecule has 0 saturated carbocycles. The number of carboxylic acids is 1. The molecule has 1 fully saturated rings. The van der Waals surface area contributed by atoms with Crippen LogP contribution in [0.3, 0.4) is 0 Å². The van der Waals surface area contributed by atoms with E-state index in [1.54, 1.807) is 9.47 Å². The molecule has 4 rings (SSSR count). The van der Waals surface area contributed by atoms with E-state index in [0.29, 0.717) is 18.6 Å². The molecule has 2 aliphatic rings. The van der Waals surface area contributed by atoms with Gasteiger partial charge in [0.1, 0.15) is 17.9 Å². The number of anilines is 1. The molecule has 0 aliphatic carbocycles. The summed E-state index contributed by atoms with van der Waals surface area (Å²) in [7, 11) is 0. The fourth-order valence-corrected chi connectivity index (χ4v) is 3.35. The van der Waals surface area contributed by atoms with Crippen LogP contribution >= 0.6 is 0 Å². The first kappa shape index (κ1) is 14.9. The molecule has 1 saturated heterocycles. The van der Waals surface area contributed by atoms with Gasteiger partial charge in [-0.05, 0) is 13.0 Å². The summed E-state index contributed by atoms with van der Waals surface area (Å²) in [6.07, 6.45) is 1.31. The monoisotopic (exact) mass is 333 g/mol. The largest absolute Gasteiger partial charge is 0.487 e. The minimum absolute atomic E-state index is 0.0162. The molecule has 0 unspecified atom stereocenters. The number of nitrogens with zero attached hydrogens (tertiary/aromatic N) is 2. The van der Waals surface area contributed by atoms with E-state index in [1.165, 1.54) is 6.20 Å². The van der Waals surface area contributed by atoms with Gasteiger partial charge in [-0.3, -0.25) is 4.79 Å². The number of halogens is 1. The zero-order valence-corrected chi connectivity index (χ0v) is 13.0. The van der Waals surface area contributed by atoms with Gasteiger partial charge < -0.3 is 25.0 Å². The van der Waals surface area contributed by atoms with E-state index in [1.807, 2.05) is 6.92 Å². The predicted molar refractivity (Wildman–Crippen MR) is 85.5 cm³/mol. The van der Waals surface area contributed by atoms with Crippen molar-refractivity contribution >= 4 is 22.6 Å². The van der Waals surface area contributed by atoms with Crippen molar-refractivity contribution in [1.82, 2.24) is 4.57 Å². The fraction of sp³-hybridized carbons (Fsp3) is 0.375. The number of carboxylic acid groups (broad SMARTS) is 1. The van der Waals surface area contributed by atoms with Crippen molar-refractivity contribution in [1.29, 1.82) is 0 Å². The zero-order chi connectivity index (χ0) is 17.2. The Kier molecular flexibility index (Phi) is 3.08. The predicted octanol–water partition coefficient (Wildman–Crippen LogP) is 0.940. The third kappa shape index (κ3) is 1.92. The molecule has 1 aromatic heterocycles. The van der Waals surface area contributed by atoms with Crippen LogP contribution < -0.4 is 20.8 Å². The molecule has 7 nitrogen and oxygen atoms in total. The molecular formula is C16H16FN3O4. The molecule has 0 bridgehead atoms. The maximum Gasteiger partial charge on any atom is 0.341 e. The van der Waals surface area contributed by atoms with Crippen LogP contribution in [0.25, 0.3) is 10.9 Å². The molecule has 2 aromatic rings. The van der Waals surface area contributed by atoms with Crippen molar-refractivity contribution in [3.8, 4) is 5.75 Å². The van der Waals surface area contributed by atoms with Crippen LogP contribution in [0.2, 0.25) is 0 Å². The molecule has 1 aromatic carbocycles. The molecule has 0 radical (unpaired) electrons. The van der Waals surface area contributed by atoms with Crippen molar-refractivity contribution in [2.24, 2.45) is 5.73 Å². The highest BCUT2D eigenvalue weighted by atomic mass is 19.1. The first-order chi connectivity index (χ1) is 11.4. The number of carbonyl (C=O) groups is 1. The lowest BCUT2D eigenvalue weighted by Crippen LogP contribution is -2.56. The topological polar surface area (TPSA) is 97.8 Å². The minimum Gasteiger partial charge on any atom is -0.487 e. The summed E-state index contributed by atoms with van der Waals surface area (Å²) in [5.74, 6) is -1.65. The van der Waals surface area contributed by atoms with Gasteiger partial charge in [0.15, 0.2) is 11.6 Å². The maximum absolute atomic E-state index is 14.7. The highest BCUT2D eigenvalue weighted by molar-refractivity contribution is 5.97. The van der Waals surface area contributed by atoms with Gasteiger partial charge in [-0.25, -0.2) is 9.18 Å². The zero-order valence-electron chi connectivity index (χ0n) is 13.0. The van der Waals surface area contributed by atoms with Gasteiger partial charge in [0.25, 0.3) is 0 Å². The highest BCUT2D eigenvalue weighted by Gasteiger charge is 2.33. The minimum atomic E-state index is -1.33. The van der Waals surface area contributed by atoms with Crippen LogP contribution in [0.4, 0.5) is 10.1 Å². The standard InChI is InChI=1S/C16H16FN3O4/c1-7-6-24-15-12-9(14(21)10(16(22)23)5-20(7)12)2-11(17)13(15)19-3-8(18)4-19/h2,5,7-8H,3-4,6,18H2,1H3,(H,22,23)/t7-/m0/s1. The van der Waals surface area contributed by atoms with E-state index in [2.05, 4.69) is 0 Å². The van der Waals surface area contributed by atoms with E-state index in [9.17, 15) is 19.1 Å². The summed E-state index contributed by atoms with van der Waals surface area (Å²) in [5, 5.41) is 9.26. The Bertz CT molecular complexity index is 933. The summed E-state index contributed by atoms with van der Waals surface area (Å²) >= 11 is 0. The Labute approximate surface area is 136 Å². The number of pyridine rings is 1. The molecule has 8 heteroatoms. The fourth-order valence-electron chi connectivity index (χ4n) is 3.35. The van der Waals surface area contributed by atoms with Crippen LogP contribution in [0.1, 0.15) is 23.3 Å². The van der Waals surface area contributed by atoms with Crippen molar-refractivity contribution < 1.29 is 19.0 Å². The lowest BCUT2D eigenvalue weighted by molar-refractivity contribution is 0.0694.